The van der Waals surface area contributed by atoms with Crippen molar-refractivity contribution < 1.29 is 8.42 Å². The Balaban J connectivity index is 2.38. The van der Waals surface area contributed by atoms with E-state index >= 15 is 0 Å². The van der Waals surface area contributed by atoms with E-state index in [0.29, 0.717) is 16.2 Å². The van der Waals surface area contributed by atoms with Crippen LogP contribution in [0.25, 0.3) is 0 Å². The Morgan fingerprint density at radius 1 is 1.26 bits per heavy atom. The second-order valence-corrected chi connectivity index (χ2v) is 8.37. The third-order valence-electron chi connectivity index (χ3n) is 3.09. The molecule has 1 aliphatic rings. The van der Waals surface area contributed by atoms with E-state index in [0.717, 1.165) is 18.8 Å². The largest absolute Gasteiger partial charge is 0.397 e. The maximum atomic E-state index is 11.4. The zero-order chi connectivity index (χ0) is 14.2. The Hall–Kier alpha value is -0.920. The number of nitrogens with zero attached hydrogens (tertiary/aromatic N) is 1. The van der Waals surface area contributed by atoms with Gasteiger partial charge in [-0.05, 0) is 18.2 Å². The molecule has 1 fully saturated rings. The molecule has 19 heavy (non-hydrogen) atoms. The molecule has 2 unspecified atom stereocenters. The van der Waals surface area contributed by atoms with Crippen LogP contribution in [0, 0.1) is 0 Å². The number of sulfonamides is 1. The van der Waals surface area contributed by atoms with Crippen LogP contribution < -0.4 is 15.8 Å². The summed E-state index contributed by atoms with van der Waals surface area (Å²) in [6.07, 6.45) is 0. The minimum atomic E-state index is -3.70. The minimum absolute atomic E-state index is 0.107. The first kappa shape index (κ1) is 14.5. The van der Waals surface area contributed by atoms with Crippen molar-refractivity contribution >= 4 is 33.2 Å². The maximum Gasteiger partial charge on any atom is 0.238 e. The first-order valence-corrected chi connectivity index (χ1v) is 8.59. The minimum Gasteiger partial charge on any atom is -0.397 e. The van der Waals surface area contributed by atoms with Gasteiger partial charge in [-0.2, -0.15) is 11.8 Å². The zero-order valence-electron chi connectivity index (χ0n) is 11.0. The molecule has 0 aromatic heterocycles. The van der Waals surface area contributed by atoms with Crippen molar-refractivity contribution in [1.82, 2.24) is 0 Å². The molecule has 2 rings (SSSR count). The lowest BCUT2D eigenvalue weighted by molar-refractivity contribution is 0.597. The van der Waals surface area contributed by atoms with Crippen LogP contribution in [0.4, 0.5) is 11.4 Å². The molecule has 0 radical (unpaired) electrons. The monoisotopic (exact) mass is 301 g/mol. The van der Waals surface area contributed by atoms with Gasteiger partial charge in [-0.25, -0.2) is 13.6 Å². The van der Waals surface area contributed by atoms with E-state index in [-0.39, 0.29) is 4.90 Å². The number of anilines is 2. The molecule has 0 aliphatic carbocycles. The first-order valence-electron chi connectivity index (χ1n) is 6.10. The summed E-state index contributed by atoms with van der Waals surface area (Å²) < 4.78 is 22.8. The number of thioether (sulfide) groups is 1. The van der Waals surface area contributed by atoms with E-state index in [1.165, 1.54) is 6.07 Å². The fourth-order valence-electron chi connectivity index (χ4n) is 2.35. The fourth-order valence-corrected chi connectivity index (χ4v) is 4.21. The van der Waals surface area contributed by atoms with E-state index in [1.807, 2.05) is 11.8 Å². The number of primary sulfonamides is 1. The van der Waals surface area contributed by atoms with E-state index in [4.69, 9.17) is 10.9 Å². The Morgan fingerprint density at radius 2 is 1.84 bits per heavy atom. The molecular weight excluding hydrogens is 282 g/mol. The van der Waals surface area contributed by atoms with E-state index in [2.05, 4.69) is 18.7 Å². The van der Waals surface area contributed by atoms with Crippen LogP contribution in [-0.4, -0.2) is 32.0 Å². The molecule has 2 atom stereocenters. The number of nitrogens with two attached hydrogens (primary N) is 2. The fraction of sp³-hybridized carbons (Fsp3) is 0.500. The highest BCUT2D eigenvalue weighted by Gasteiger charge is 2.24. The van der Waals surface area contributed by atoms with Crippen molar-refractivity contribution in [2.24, 2.45) is 5.14 Å². The molecule has 0 spiro atoms. The van der Waals surface area contributed by atoms with Gasteiger partial charge in [0.15, 0.2) is 0 Å². The van der Waals surface area contributed by atoms with Crippen molar-refractivity contribution in [3.8, 4) is 0 Å². The summed E-state index contributed by atoms with van der Waals surface area (Å²) in [7, 11) is -3.70. The molecule has 0 saturated carbocycles. The van der Waals surface area contributed by atoms with Crippen LogP contribution in [0.5, 0.6) is 0 Å². The predicted molar refractivity (Wildman–Crippen MR) is 81.0 cm³/mol. The van der Waals surface area contributed by atoms with Gasteiger partial charge in [-0.3, -0.25) is 0 Å². The zero-order valence-corrected chi connectivity index (χ0v) is 12.7. The molecular formula is C12H19N3O2S2. The highest BCUT2D eigenvalue weighted by molar-refractivity contribution is 8.00. The number of rotatable bonds is 2. The summed E-state index contributed by atoms with van der Waals surface area (Å²) in [4.78, 5) is 2.24. The molecule has 106 valence electrons. The predicted octanol–water partition coefficient (Wildman–Crippen LogP) is 1.25. The highest BCUT2D eigenvalue weighted by Crippen LogP contribution is 2.32. The summed E-state index contributed by atoms with van der Waals surface area (Å²) in [6.45, 7) is 6.03. The van der Waals surface area contributed by atoms with Crippen molar-refractivity contribution in [1.29, 1.82) is 0 Å². The molecule has 1 aliphatic heterocycles. The second kappa shape index (κ2) is 5.22. The average Bonchev–Trinajstić information content (AvgIpc) is 2.26. The lowest BCUT2D eigenvalue weighted by atomic mass is 10.2. The van der Waals surface area contributed by atoms with Gasteiger partial charge in [0.1, 0.15) is 0 Å². The molecule has 1 aromatic carbocycles. The van der Waals surface area contributed by atoms with Gasteiger partial charge in [0.05, 0.1) is 16.3 Å². The Labute approximate surface area is 118 Å². The van der Waals surface area contributed by atoms with Crippen molar-refractivity contribution in [2.75, 3.05) is 23.7 Å². The van der Waals surface area contributed by atoms with Gasteiger partial charge in [0, 0.05) is 23.6 Å². The standard InChI is InChI=1S/C12H19N3O2S2/c1-8-6-15(7-9(2)18-8)12-5-10(19(14,16)17)3-4-11(12)13/h3-5,8-9H,6-7,13H2,1-2H3,(H2,14,16,17). The van der Waals surface area contributed by atoms with Gasteiger partial charge in [0.25, 0.3) is 0 Å². The summed E-state index contributed by atoms with van der Waals surface area (Å²) in [5, 5.41) is 6.14. The third-order valence-corrected chi connectivity index (χ3v) is 5.23. The lowest BCUT2D eigenvalue weighted by Gasteiger charge is -2.36. The molecule has 4 N–H and O–H groups in total. The quantitative estimate of drug-likeness (QED) is 0.802. The van der Waals surface area contributed by atoms with Crippen LogP contribution in [0.2, 0.25) is 0 Å². The van der Waals surface area contributed by atoms with Crippen LogP contribution >= 0.6 is 11.8 Å². The lowest BCUT2D eigenvalue weighted by Crippen LogP contribution is -2.40. The van der Waals surface area contributed by atoms with Gasteiger partial charge < -0.3 is 10.6 Å². The summed E-state index contributed by atoms with van der Waals surface area (Å²) in [6, 6.07) is 4.62. The van der Waals surface area contributed by atoms with Crippen LogP contribution in [0.15, 0.2) is 23.1 Å². The van der Waals surface area contributed by atoms with Gasteiger partial charge in [0.2, 0.25) is 10.0 Å². The highest BCUT2D eigenvalue weighted by atomic mass is 32.2. The molecule has 5 nitrogen and oxygen atoms in total. The van der Waals surface area contributed by atoms with Crippen molar-refractivity contribution in [3.63, 3.8) is 0 Å². The molecule has 0 bridgehead atoms. The maximum absolute atomic E-state index is 11.4. The van der Waals surface area contributed by atoms with Crippen LogP contribution in [0.3, 0.4) is 0 Å². The Morgan fingerprint density at radius 3 is 2.37 bits per heavy atom. The molecule has 1 heterocycles. The summed E-state index contributed by atoms with van der Waals surface area (Å²) >= 11 is 1.93. The number of hydrogen-bond acceptors (Lipinski definition) is 5. The van der Waals surface area contributed by atoms with Gasteiger partial charge in [-0.15, -0.1) is 0 Å². The SMILES string of the molecule is CC1CN(c2cc(S(N)(=O)=O)ccc2N)CC(C)S1. The molecule has 1 aromatic rings. The van der Waals surface area contributed by atoms with E-state index in [1.54, 1.807) is 12.1 Å². The second-order valence-electron chi connectivity index (χ2n) is 4.93. The molecule has 0 amide bonds. The van der Waals surface area contributed by atoms with Crippen LogP contribution in [-0.2, 0) is 10.0 Å². The smallest absolute Gasteiger partial charge is 0.238 e. The van der Waals surface area contributed by atoms with Gasteiger partial charge >= 0.3 is 0 Å². The normalized spacial score (nSPS) is 24.5. The van der Waals surface area contributed by atoms with E-state index in [9.17, 15) is 8.42 Å². The molecule has 1 saturated heterocycles. The van der Waals surface area contributed by atoms with Crippen molar-refractivity contribution in [2.45, 2.75) is 29.2 Å². The van der Waals surface area contributed by atoms with E-state index < -0.39 is 10.0 Å². The number of nitrogen functional groups attached to an aromatic ring is 1. The third kappa shape index (κ3) is 3.34. The van der Waals surface area contributed by atoms with Crippen LogP contribution in [0.1, 0.15) is 13.8 Å². The topological polar surface area (TPSA) is 89.4 Å². The van der Waals surface area contributed by atoms with Gasteiger partial charge in [-0.1, -0.05) is 13.8 Å². The summed E-state index contributed by atoms with van der Waals surface area (Å²) in [5.74, 6) is 0. The first-order chi connectivity index (χ1) is 8.77. The number of benzene rings is 1. The Bertz CT molecular complexity index is 564. The Kier molecular flexibility index (Phi) is 3.98. The molecule has 7 heteroatoms. The average molecular weight is 301 g/mol. The summed E-state index contributed by atoms with van der Waals surface area (Å²) in [5.41, 5.74) is 7.31. The number of hydrogen-bond donors (Lipinski definition) is 2. The van der Waals surface area contributed by atoms with Crippen molar-refractivity contribution in [3.05, 3.63) is 18.2 Å².